The lowest BCUT2D eigenvalue weighted by atomic mass is 10.1. The molecule has 0 bridgehead atoms. The molecule has 0 saturated heterocycles. The van der Waals surface area contributed by atoms with Crippen molar-refractivity contribution in [2.75, 3.05) is 0 Å². The number of hydroxylamine groups is 1. The summed E-state index contributed by atoms with van der Waals surface area (Å²) in [7, 11) is 0. The van der Waals surface area contributed by atoms with Gasteiger partial charge in [0.2, 0.25) is 0 Å². The van der Waals surface area contributed by atoms with Crippen LogP contribution in [0.2, 0.25) is 0 Å². The number of benzene rings is 1. The Bertz CT molecular complexity index is 354. The van der Waals surface area contributed by atoms with E-state index >= 15 is 0 Å². The molecule has 72 valence electrons. The lowest BCUT2D eigenvalue weighted by Crippen LogP contribution is -2.14. The molecule has 0 aliphatic rings. The number of carbonyl (C=O) groups excluding carboxylic acids is 2. The molecule has 0 atom stereocenters. The molecule has 0 fully saturated rings. The fourth-order valence-corrected chi connectivity index (χ4v) is 0.895. The van der Waals surface area contributed by atoms with Gasteiger partial charge in [0.05, 0.1) is 0 Å². The lowest BCUT2D eigenvalue weighted by molar-refractivity contribution is -0.124. The molecule has 0 aliphatic heterocycles. The fraction of sp³-hybridized carbons (Fsp3) is 0. The summed E-state index contributed by atoms with van der Waals surface area (Å²) in [4.78, 5) is 20.9. The van der Waals surface area contributed by atoms with Crippen LogP contribution >= 0.6 is 0 Å². The first-order chi connectivity index (χ1) is 6.76. The van der Waals surface area contributed by atoms with Gasteiger partial charge in [0.25, 0.3) is 5.91 Å². The summed E-state index contributed by atoms with van der Waals surface area (Å²) < 4.78 is 0. The van der Waals surface area contributed by atoms with Crippen molar-refractivity contribution >= 4 is 18.3 Å². The summed E-state index contributed by atoms with van der Waals surface area (Å²) in [5.74, 6) is -0.593. The van der Waals surface area contributed by atoms with Gasteiger partial charge in [-0.15, -0.1) is 0 Å². The highest BCUT2D eigenvalue weighted by molar-refractivity contribution is 5.90. The highest BCUT2D eigenvalue weighted by Crippen LogP contribution is 2.04. The Kier molecular flexibility index (Phi) is 3.58. The van der Waals surface area contributed by atoms with Crippen molar-refractivity contribution in [3.63, 3.8) is 0 Å². The molecule has 0 saturated carbocycles. The van der Waals surface area contributed by atoms with Crippen LogP contribution in [0.15, 0.2) is 30.3 Å². The minimum atomic E-state index is -0.593. The zero-order valence-corrected chi connectivity index (χ0v) is 7.31. The van der Waals surface area contributed by atoms with Crippen LogP contribution in [0.3, 0.4) is 0 Å². The van der Waals surface area contributed by atoms with Crippen molar-refractivity contribution in [1.82, 2.24) is 5.48 Å². The average Bonchev–Trinajstić information content (AvgIpc) is 2.26. The normalized spacial score (nSPS) is 10.1. The third-order valence-corrected chi connectivity index (χ3v) is 1.61. The van der Waals surface area contributed by atoms with Gasteiger partial charge in [-0.1, -0.05) is 24.3 Å². The Balaban J connectivity index is 2.73. The Morgan fingerprint density at radius 2 is 1.79 bits per heavy atom. The van der Waals surface area contributed by atoms with Gasteiger partial charge in [-0.2, -0.15) is 0 Å². The van der Waals surface area contributed by atoms with Gasteiger partial charge in [0.1, 0.15) is 6.29 Å². The van der Waals surface area contributed by atoms with Crippen LogP contribution in [0, 0.1) is 0 Å². The topological polar surface area (TPSA) is 66.4 Å². The summed E-state index contributed by atoms with van der Waals surface area (Å²) in [5.41, 5.74) is 2.83. The van der Waals surface area contributed by atoms with Crippen molar-refractivity contribution in [3.05, 3.63) is 41.5 Å². The van der Waals surface area contributed by atoms with Gasteiger partial charge in [-0.3, -0.25) is 14.8 Å². The zero-order chi connectivity index (χ0) is 10.4. The molecule has 0 spiro atoms. The second-order valence-corrected chi connectivity index (χ2v) is 2.59. The van der Waals surface area contributed by atoms with Gasteiger partial charge in [0, 0.05) is 11.6 Å². The van der Waals surface area contributed by atoms with Crippen molar-refractivity contribution in [2.24, 2.45) is 0 Å². The van der Waals surface area contributed by atoms with Crippen LogP contribution in [0.5, 0.6) is 0 Å². The molecule has 0 radical (unpaired) electrons. The number of hydrogen-bond acceptors (Lipinski definition) is 3. The van der Waals surface area contributed by atoms with E-state index < -0.39 is 5.91 Å². The van der Waals surface area contributed by atoms with Gasteiger partial charge in [-0.25, -0.2) is 5.48 Å². The second kappa shape index (κ2) is 4.94. The molecule has 2 N–H and O–H groups in total. The first kappa shape index (κ1) is 10.1. The zero-order valence-electron chi connectivity index (χ0n) is 7.31. The predicted molar refractivity (Wildman–Crippen MR) is 50.8 cm³/mol. The molecule has 4 nitrogen and oxygen atoms in total. The highest BCUT2D eigenvalue weighted by atomic mass is 16.5. The number of carbonyl (C=O) groups is 2. The number of aldehydes is 1. The highest BCUT2D eigenvalue weighted by Gasteiger charge is 1.92. The molecule has 1 amide bonds. The number of nitrogens with one attached hydrogen (secondary N) is 1. The third-order valence-electron chi connectivity index (χ3n) is 1.61. The molecule has 14 heavy (non-hydrogen) atoms. The first-order valence-corrected chi connectivity index (χ1v) is 3.93. The van der Waals surface area contributed by atoms with Crippen molar-refractivity contribution in [3.8, 4) is 0 Å². The molecule has 1 aromatic carbocycles. The SMILES string of the molecule is O=Cc1ccc(C=CC(=O)NO)cc1. The molecule has 4 heteroatoms. The first-order valence-electron chi connectivity index (χ1n) is 3.93. The van der Waals surface area contributed by atoms with Crippen molar-refractivity contribution in [1.29, 1.82) is 0 Å². The minimum absolute atomic E-state index is 0.578. The third kappa shape index (κ3) is 2.84. The van der Waals surface area contributed by atoms with Crippen molar-refractivity contribution in [2.45, 2.75) is 0 Å². The second-order valence-electron chi connectivity index (χ2n) is 2.59. The Morgan fingerprint density at radius 1 is 1.21 bits per heavy atom. The summed E-state index contributed by atoms with van der Waals surface area (Å²) >= 11 is 0. The molecule has 0 heterocycles. The number of amides is 1. The minimum Gasteiger partial charge on any atom is -0.298 e. The monoisotopic (exact) mass is 191 g/mol. The van der Waals surface area contributed by atoms with E-state index in [2.05, 4.69) is 0 Å². The van der Waals surface area contributed by atoms with Gasteiger partial charge in [0.15, 0.2) is 0 Å². The molecular formula is C10H9NO3. The van der Waals surface area contributed by atoms with Crippen LogP contribution in [-0.4, -0.2) is 17.4 Å². The van der Waals surface area contributed by atoms with Gasteiger partial charge >= 0.3 is 0 Å². The van der Waals surface area contributed by atoms with Crippen molar-refractivity contribution < 1.29 is 14.8 Å². The van der Waals surface area contributed by atoms with Crippen LogP contribution in [-0.2, 0) is 4.79 Å². The van der Waals surface area contributed by atoms with Gasteiger partial charge in [-0.05, 0) is 11.6 Å². The van der Waals surface area contributed by atoms with E-state index in [0.717, 1.165) is 11.8 Å². The molecule has 1 aromatic rings. The van der Waals surface area contributed by atoms with Crippen LogP contribution in [0.1, 0.15) is 15.9 Å². The quantitative estimate of drug-likeness (QED) is 0.324. The van der Waals surface area contributed by atoms with Crippen LogP contribution in [0.25, 0.3) is 6.08 Å². The van der Waals surface area contributed by atoms with Crippen LogP contribution in [0.4, 0.5) is 0 Å². The Labute approximate surface area is 80.8 Å². The van der Waals surface area contributed by atoms with Gasteiger partial charge < -0.3 is 0 Å². The van der Waals surface area contributed by atoms with E-state index in [1.54, 1.807) is 24.3 Å². The Morgan fingerprint density at radius 3 is 2.29 bits per heavy atom. The van der Waals surface area contributed by atoms with E-state index in [1.807, 2.05) is 0 Å². The number of rotatable bonds is 3. The van der Waals surface area contributed by atoms with E-state index in [4.69, 9.17) is 5.21 Å². The largest absolute Gasteiger partial charge is 0.298 e. The molecular weight excluding hydrogens is 182 g/mol. The Hall–Kier alpha value is -1.94. The smallest absolute Gasteiger partial charge is 0.267 e. The van der Waals surface area contributed by atoms with E-state index in [1.165, 1.54) is 17.6 Å². The molecule has 0 aromatic heterocycles. The molecule has 0 aliphatic carbocycles. The molecule has 0 unspecified atom stereocenters. The summed E-state index contributed by atoms with van der Waals surface area (Å²) in [6, 6.07) is 6.68. The summed E-state index contributed by atoms with van der Waals surface area (Å²) in [6.07, 6.45) is 3.46. The number of hydrogen-bond donors (Lipinski definition) is 2. The van der Waals surface area contributed by atoms with Crippen LogP contribution < -0.4 is 5.48 Å². The lowest BCUT2D eigenvalue weighted by Gasteiger charge is -1.93. The van der Waals surface area contributed by atoms with E-state index in [9.17, 15) is 9.59 Å². The fourth-order valence-electron chi connectivity index (χ4n) is 0.895. The maximum Gasteiger partial charge on any atom is 0.267 e. The average molecular weight is 191 g/mol. The van der Waals surface area contributed by atoms with E-state index in [-0.39, 0.29) is 0 Å². The van der Waals surface area contributed by atoms with E-state index in [0.29, 0.717) is 5.56 Å². The maximum atomic E-state index is 10.6. The standard InChI is InChI=1S/C10H9NO3/c12-7-9-3-1-8(2-4-9)5-6-10(13)11-14/h1-7,14H,(H,11,13). The molecule has 1 rings (SSSR count). The summed E-state index contributed by atoms with van der Waals surface area (Å²) in [5, 5.41) is 8.20. The predicted octanol–water partition coefficient (Wildman–Crippen LogP) is 1.02. The maximum absolute atomic E-state index is 10.6. The summed E-state index contributed by atoms with van der Waals surface area (Å²) in [6.45, 7) is 0.